The fourth-order valence-corrected chi connectivity index (χ4v) is 2.93. The maximum atomic E-state index is 11.5. The summed E-state index contributed by atoms with van der Waals surface area (Å²) in [5, 5.41) is 10.2. The summed E-state index contributed by atoms with van der Waals surface area (Å²) in [6.07, 6.45) is -0.505. The third kappa shape index (κ3) is 5.49. The van der Waals surface area contributed by atoms with Crippen LogP contribution >= 0.6 is 0 Å². The van der Waals surface area contributed by atoms with Crippen LogP contribution in [0.15, 0.2) is 24.3 Å². The third-order valence-electron chi connectivity index (χ3n) is 4.39. The van der Waals surface area contributed by atoms with Crippen LogP contribution in [0.5, 0.6) is 5.75 Å². The molecule has 1 atom stereocenters. The summed E-state index contributed by atoms with van der Waals surface area (Å²) in [7, 11) is 1.35. The van der Waals surface area contributed by atoms with Gasteiger partial charge in [0.05, 0.1) is 19.2 Å². The monoisotopic (exact) mass is 324 g/mol. The Kier molecular flexibility index (Phi) is 6.83. The first kappa shape index (κ1) is 17.7. The number of aliphatic hydroxyl groups excluding tert-OH is 1. The van der Waals surface area contributed by atoms with Gasteiger partial charge in [-0.15, -0.1) is 0 Å². The highest BCUT2D eigenvalue weighted by Gasteiger charge is 2.24. The second kappa shape index (κ2) is 8.86. The number of likely N-dealkylation sites (N-methyl/N-ethyl adjacent to an activating group) is 1. The van der Waals surface area contributed by atoms with Crippen LogP contribution < -0.4 is 14.5 Å². The summed E-state index contributed by atoms with van der Waals surface area (Å²) in [5.41, 5.74) is 0.448. The van der Waals surface area contributed by atoms with Crippen molar-refractivity contribution in [2.24, 2.45) is 0 Å². The Morgan fingerprint density at radius 3 is 2.61 bits per heavy atom. The number of esters is 1. The predicted octanol–water partition coefficient (Wildman–Crippen LogP) is -1.98. The lowest BCUT2D eigenvalue weighted by Gasteiger charge is -2.30. The molecule has 0 saturated carbocycles. The van der Waals surface area contributed by atoms with Crippen LogP contribution in [-0.4, -0.2) is 70.2 Å². The molecule has 0 radical (unpaired) electrons. The lowest BCUT2D eigenvalue weighted by atomic mass is 10.2. The average molecular weight is 324 g/mol. The molecule has 6 heteroatoms. The smallest absolute Gasteiger partial charge is 0.337 e. The molecule has 2 rings (SSSR count). The number of hydrogen-bond acceptors (Lipinski definition) is 4. The van der Waals surface area contributed by atoms with Gasteiger partial charge in [-0.2, -0.15) is 0 Å². The van der Waals surface area contributed by atoms with Crippen molar-refractivity contribution in [2.45, 2.75) is 13.0 Å². The summed E-state index contributed by atoms with van der Waals surface area (Å²) in [6, 6.07) is 6.82. The lowest BCUT2D eigenvalue weighted by molar-refractivity contribution is -1.01. The third-order valence-corrected chi connectivity index (χ3v) is 4.39. The maximum Gasteiger partial charge on any atom is 0.337 e. The van der Waals surface area contributed by atoms with Crippen molar-refractivity contribution >= 4 is 5.97 Å². The average Bonchev–Trinajstić information content (AvgIpc) is 2.60. The Bertz CT molecular complexity index is 501. The first-order valence-corrected chi connectivity index (χ1v) is 8.28. The molecular weight excluding hydrogens is 296 g/mol. The topological polar surface area (TPSA) is 64.6 Å². The molecule has 0 aliphatic carbocycles. The van der Waals surface area contributed by atoms with Gasteiger partial charge in [-0.05, 0) is 25.1 Å². The number of piperazine rings is 1. The minimum absolute atomic E-state index is 0.235. The van der Waals surface area contributed by atoms with Gasteiger partial charge in [0.1, 0.15) is 51.2 Å². The van der Waals surface area contributed by atoms with E-state index in [0.717, 1.165) is 13.1 Å². The second-order valence-corrected chi connectivity index (χ2v) is 6.04. The second-order valence-electron chi connectivity index (χ2n) is 6.04. The molecule has 1 fully saturated rings. The van der Waals surface area contributed by atoms with Gasteiger partial charge < -0.3 is 24.4 Å². The van der Waals surface area contributed by atoms with Gasteiger partial charge in [-0.25, -0.2) is 4.79 Å². The minimum atomic E-state index is -0.505. The van der Waals surface area contributed by atoms with E-state index in [-0.39, 0.29) is 6.61 Å². The molecule has 23 heavy (non-hydrogen) atoms. The van der Waals surface area contributed by atoms with Crippen molar-refractivity contribution in [3.8, 4) is 5.75 Å². The fourth-order valence-electron chi connectivity index (χ4n) is 2.93. The highest BCUT2D eigenvalue weighted by Crippen LogP contribution is 2.14. The molecule has 1 aromatic rings. The summed E-state index contributed by atoms with van der Waals surface area (Å²) in [6.45, 7) is 8.85. The van der Waals surface area contributed by atoms with E-state index in [0.29, 0.717) is 17.9 Å². The Labute approximate surface area is 137 Å². The van der Waals surface area contributed by atoms with Crippen molar-refractivity contribution < 1.29 is 29.2 Å². The Balaban J connectivity index is 1.76. The highest BCUT2D eigenvalue weighted by atomic mass is 16.5. The minimum Gasteiger partial charge on any atom is -0.491 e. The summed E-state index contributed by atoms with van der Waals surface area (Å²) >= 11 is 0. The Hall–Kier alpha value is -1.63. The van der Waals surface area contributed by atoms with Gasteiger partial charge in [-0.1, -0.05) is 6.07 Å². The van der Waals surface area contributed by atoms with Crippen molar-refractivity contribution in [1.29, 1.82) is 0 Å². The van der Waals surface area contributed by atoms with E-state index in [9.17, 15) is 9.90 Å². The van der Waals surface area contributed by atoms with Gasteiger partial charge in [-0.3, -0.25) is 0 Å². The number of aliphatic hydroxyl groups is 1. The van der Waals surface area contributed by atoms with Crippen LogP contribution in [0.25, 0.3) is 0 Å². The number of carbonyl (C=O) groups excluding carboxylic acids is 1. The number of quaternary nitrogens is 2. The van der Waals surface area contributed by atoms with Crippen molar-refractivity contribution in [3.05, 3.63) is 29.8 Å². The zero-order valence-electron chi connectivity index (χ0n) is 14.0. The molecule has 0 spiro atoms. The predicted molar refractivity (Wildman–Crippen MR) is 86.1 cm³/mol. The molecule has 6 nitrogen and oxygen atoms in total. The van der Waals surface area contributed by atoms with Crippen molar-refractivity contribution in [2.75, 3.05) is 53.0 Å². The number of hydrogen-bond donors (Lipinski definition) is 3. The number of nitrogens with one attached hydrogen (secondary N) is 2. The molecule has 0 unspecified atom stereocenters. The molecule has 0 aromatic heterocycles. The number of benzene rings is 1. The number of rotatable bonds is 7. The number of ether oxygens (including phenoxy) is 2. The van der Waals surface area contributed by atoms with Gasteiger partial charge in [0.15, 0.2) is 0 Å². The van der Waals surface area contributed by atoms with Crippen LogP contribution in [0, 0.1) is 0 Å². The molecule has 1 aromatic carbocycles. The van der Waals surface area contributed by atoms with E-state index in [4.69, 9.17) is 4.74 Å². The zero-order chi connectivity index (χ0) is 16.7. The largest absolute Gasteiger partial charge is 0.491 e. The quantitative estimate of drug-likeness (QED) is 0.509. The van der Waals surface area contributed by atoms with Crippen LogP contribution in [0.1, 0.15) is 17.3 Å². The van der Waals surface area contributed by atoms with Gasteiger partial charge >= 0.3 is 5.97 Å². The summed E-state index contributed by atoms with van der Waals surface area (Å²) in [4.78, 5) is 14.6. The van der Waals surface area contributed by atoms with E-state index in [1.54, 1.807) is 29.2 Å². The molecule has 1 saturated heterocycles. The molecule has 1 heterocycles. The van der Waals surface area contributed by atoms with Gasteiger partial charge in [0.2, 0.25) is 0 Å². The zero-order valence-corrected chi connectivity index (χ0v) is 14.0. The van der Waals surface area contributed by atoms with E-state index in [1.807, 2.05) is 0 Å². The first-order valence-electron chi connectivity index (χ1n) is 8.28. The van der Waals surface area contributed by atoms with E-state index in [1.165, 1.54) is 31.6 Å². The Morgan fingerprint density at radius 1 is 1.26 bits per heavy atom. The van der Waals surface area contributed by atoms with Crippen molar-refractivity contribution in [1.82, 2.24) is 0 Å². The molecule has 1 aliphatic rings. The highest BCUT2D eigenvalue weighted by molar-refractivity contribution is 5.89. The van der Waals surface area contributed by atoms with Crippen LogP contribution in [0.4, 0.5) is 0 Å². The summed E-state index contributed by atoms with van der Waals surface area (Å²) < 4.78 is 10.3. The fraction of sp³-hybridized carbons (Fsp3) is 0.588. The number of carbonyl (C=O) groups is 1. The molecule has 0 bridgehead atoms. The van der Waals surface area contributed by atoms with Crippen LogP contribution in [-0.2, 0) is 4.74 Å². The van der Waals surface area contributed by atoms with Crippen LogP contribution in [0.3, 0.4) is 0 Å². The molecule has 128 valence electrons. The summed E-state index contributed by atoms with van der Waals surface area (Å²) in [5.74, 6) is 0.180. The van der Waals surface area contributed by atoms with Gasteiger partial charge in [0, 0.05) is 0 Å². The molecular formula is C17H28N2O4+2. The van der Waals surface area contributed by atoms with Crippen molar-refractivity contribution in [3.63, 3.8) is 0 Å². The van der Waals surface area contributed by atoms with E-state index < -0.39 is 12.1 Å². The van der Waals surface area contributed by atoms with Gasteiger partial charge in [0.25, 0.3) is 0 Å². The molecule has 0 amide bonds. The Morgan fingerprint density at radius 2 is 1.96 bits per heavy atom. The lowest BCUT2D eigenvalue weighted by Crippen LogP contribution is -3.28. The normalized spacial score (nSPS) is 22.4. The molecule has 1 aliphatic heterocycles. The number of methoxy groups -OCH3 is 1. The van der Waals surface area contributed by atoms with E-state index >= 15 is 0 Å². The standard InChI is InChI=1S/C17H26N2O4/c1-3-18-7-9-19(10-8-18)12-15(20)13-23-16-6-4-5-14(11-16)17(21)22-2/h4-6,11,15,20H,3,7-10,12-13H2,1-2H3/p+2/t15-/m1/s1. The van der Waals surface area contributed by atoms with E-state index in [2.05, 4.69) is 11.7 Å². The SMILES string of the molecule is CC[NH+]1CC[NH+](C[C@@H](O)COc2cccc(C(=O)OC)c2)CC1. The maximum absolute atomic E-state index is 11.5. The molecule has 3 N–H and O–H groups in total. The van der Waals surface area contributed by atoms with Crippen LogP contribution in [0.2, 0.25) is 0 Å². The first-order chi connectivity index (χ1) is 11.1.